The third-order valence-electron chi connectivity index (χ3n) is 1.04. The van der Waals surface area contributed by atoms with Crippen LogP contribution < -0.4 is 0 Å². The number of hydrogen-bond donors (Lipinski definition) is 1. The Morgan fingerprint density at radius 1 is 1.73 bits per heavy atom. The summed E-state index contributed by atoms with van der Waals surface area (Å²) in [4.78, 5) is 20.9. The maximum Gasteiger partial charge on any atom is 0.378 e. The van der Waals surface area contributed by atoms with E-state index in [0.717, 1.165) is 12.2 Å². The molecule has 1 aliphatic rings. The van der Waals surface area contributed by atoms with Crippen molar-refractivity contribution in [1.29, 1.82) is 0 Å². The van der Waals surface area contributed by atoms with Gasteiger partial charge in [0, 0.05) is 12.2 Å². The predicted molar refractivity (Wildman–Crippen MR) is 35.6 cm³/mol. The van der Waals surface area contributed by atoms with Gasteiger partial charge in [-0.05, 0) is 6.92 Å². The Balaban J connectivity index is 2.83. The van der Waals surface area contributed by atoms with Gasteiger partial charge in [0.05, 0.1) is 0 Å². The van der Waals surface area contributed by atoms with Gasteiger partial charge >= 0.3 is 5.97 Å². The van der Waals surface area contributed by atoms with E-state index in [9.17, 15) is 9.59 Å². The predicted octanol–water partition coefficient (Wildman–Crippen LogP) is 0.458. The molecule has 0 aromatic rings. The van der Waals surface area contributed by atoms with E-state index in [1.165, 1.54) is 6.92 Å². The lowest BCUT2D eigenvalue weighted by atomic mass is 10.3. The van der Waals surface area contributed by atoms with Gasteiger partial charge in [0.15, 0.2) is 5.78 Å². The SMILES string of the molecule is CC(=O)/C=C1\C=C(O)C(=O)O1. The molecule has 58 valence electrons. The zero-order valence-corrected chi connectivity index (χ0v) is 5.83. The van der Waals surface area contributed by atoms with Crippen LogP contribution in [0.2, 0.25) is 0 Å². The van der Waals surface area contributed by atoms with Crippen LogP contribution in [0.15, 0.2) is 23.7 Å². The number of esters is 1. The minimum absolute atomic E-state index is 0.0833. The van der Waals surface area contributed by atoms with Crippen LogP contribution in [-0.2, 0) is 14.3 Å². The molecule has 1 heterocycles. The summed E-state index contributed by atoms with van der Waals surface area (Å²) in [6.07, 6.45) is 2.23. The van der Waals surface area contributed by atoms with Gasteiger partial charge in [0.25, 0.3) is 0 Å². The number of ketones is 1. The average Bonchev–Trinajstić information content (AvgIpc) is 2.10. The Bertz CT molecular complexity index is 272. The highest BCUT2D eigenvalue weighted by Gasteiger charge is 2.19. The molecule has 0 amide bonds. The Morgan fingerprint density at radius 3 is 2.73 bits per heavy atom. The van der Waals surface area contributed by atoms with Gasteiger partial charge in [-0.3, -0.25) is 4.79 Å². The first-order valence-corrected chi connectivity index (χ1v) is 2.94. The summed E-state index contributed by atoms with van der Waals surface area (Å²) in [7, 11) is 0. The molecule has 1 N–H and O–H groups in total. The fourth-order valence-corrected chi connectivity index (χ4v) is 0.654. The van der Waals surface area contributed by atoms with Crippen LogP contribution >= 0.6 is 0 Å². The lowest BCUT2D eigenvalue weighted by Crippen LogP contribution is -1.97. The minimum atomic E-state index is -0.822. The largest absolute Gasteiger partial charge is 0.502 e. The molecule has 0 aliphatic carbocycles. The van der Waals surface area contributed by atoms with E-state index in [4.69, 9.17) is 5.11 Å². The summed E-state index contributed by atoms with van der Waals surface area (Å²) in [6, 6.07) is 0. The van der Waals surface area contributed by atoms with Crippen LogP contribution in [0.1, 0.15) is 6.92 Å². The third kappa shape index (κ3) is 1.67. The van der Waals surface area contributed by atoms with Crippen molar-refractivity contribution < 1.29 is 19.4 Å². The van der Waals surface area contributed by atoms with Crippen molar-refractivity contribution in [3.05, 3.63) is 23.7 Å². The molecular formula is C7H6O4. The average molecular weight is 154 g/mol. The Hall–Kier alpha value is -1.58. The number of carbonyl (C=O) groups is 2. The van der Waals surface area contributed by atoms with Gasteiger partial charge in [-0.25, -0.2) is 4.79 Å². The molecule has 0 saturated carbocycles. The second kappa shape index (κ2) is 2.57. The number of aliphatic hydroxyl groups is 1. The highest BCUT2D eigenvalue weighted by Crippen LogP contribution is 2.13. The molecule has 0 saturated heterocycles. The number of rotatable bonds is 1. The zero-order chi connectivity index (χ0) is 8.43. The molecule has 11 heavy (non-hydrogen) atoms. The van der Waals surface area contributed by atoms with Crippen molar-refractivity contribution >= 4 is 11.8 Å². The van der Waals surface area contributed by atoms with Crippen LogP contribution in [0.3, 0.4) is 0 Å². The summed E-state index contributed by atoms with van der Waals surface area (Å²) in [5.41, 5.74) is 0. The van der Waals surface area contributed by atoms with Crippen LogP contribution in [-0.4, -0.2) is 16.9 Å². The minimum Gasteiger partial charge on any atom is -0.502 e. The number of hydrogen-bond acceptors (Lipinski definition) is 4. The van der Waals surface area contributed by atoms with Crippen LogP contribution in [0.25, 0.3) is 0 Å². The Labute approximate surface area is 62.8 Å². The second-order valence-corrected chi connectivity index (χ2v) is 2.08. The highest BCUT2D eigenvalue weighted by atomic mass is 16.6. The first-order valence-electron chi connectivity index (χ1n) is 2.94. The first-order chi connectivity index (χ1) is 5.09. The molecule has 0 aromatic heterocycles. The van der Waals surface area contributed by atoms with Crippen molar-refractivity contribution in [3.8, 4) is 0 Å². The number of allylic oxidation sites excluding steroid dienone is 2. The number of ether oxygens (including phenoxy) is 1. The molecule has 4 heteroatoms. The summed E-state index contributed by atoms with van der Waals surface area (Å²) in [5.74, 6) is -1.45. The summed E-state index contributed by atoms with van der Waals surface area (Å²) in [5, 5.41) is 8.72. The van der Waals surface area contributed by atoms with E-state index in [1.54, 1.807) is 0 Å². The lowest BCUT2D eigenvalue weighted by Gasteiger charge is -1.90. The molecule has 0 fully saturated rings. The molecule has 0 radical (unpaired) electrons. The molecule has 0 atom stereocenters. The molecular weight excluding hydrogens is 148 g/mol. The number of carbonyl (C=O) groups excluding carboxylic acids is 2. The molecule has 0 spiro atoms. The molecule has 1 aliphatic heterocycles. The molecule has 1 rings (SSSR count). The Kier molecular flexibility index (Phi) is 1.76. The van der Waals surface area contributed by atoms with Gasteiger partial charge in [-0.15, -0.1) is 0 Å². The summed E-state index contributed by atoms with van der Waals surface area (Å²) in [6.45, 7) is 1.32. The normalized spacial score (nSPS) is 19.9. The molecule has 0 unspecified atom stereocenters. The maximum absolute atomic E-state index is 10.5. The highest BCUT2D eigenvalue weighted by molar-refractivity contribution is 5.93. The standard InChI is InChI=1S/C7H6O4/c1-4(8)2-5-3-6(9)7(10)11-5/h2-3,9H,1H3/b5-2+. The third-order valence-corrected chi connectivity index (χ3v) is 1.04. The van der Waals surface area contributed by atoms with Gasteiger partial charge in [0.2, 0.25) is 5.76 Å². The lowest BCUT2D eigenvalue weighted by molar-refractivity contribution is -0.135. The van der Waals surface area contributed by atoms with E-state index in [0.29, 0.717) is 0 Å². The second-order valence-electron chi connectivity index (χ2n) is 2.08. The smallest absolute Gasteiger partial charge is 0.378 e. The molecule has 0 aromatic carbocycles. The number of cyclic esters (lactones) is 1. The van der Waals surface area contributed by atoms with Crippen molar-refractivity contribution in [1.82, 2.24) is 0 Å². The van der Waals surface area contributed by atoms with Crippen LogP contribution in [0, 0.1) is 0 Å². The van der Waals surface area contributed by atoms with Gasteiger partial charge in [-0.2, -0.15) is 0 Å². The molecule has 4 nitrogen and oxygen atoms in total. The summed E-state index contributed by atoms with van der Waals surface area (Å²) >= 11 is 0. The fraction of sp³-hybridized carbons (Fsp3) is 0.143. The summed E-state index contributed by atoms with van der Waals surface area (Å²) < 4.78 is 4.44. The van der Waals surface area contributed by atoms with E-state index in [-0.39, 0.29) is 11.5 Å². The first kappa shape index (κ1) is 7.53. The monoisotopic (exact) mass is 154 g/mol. The van der Waals surface area contributed by atoms with Crippen molar-refractivity contribution in [3.63, 3.8) is 0 Å². The van der Waals surface area contributed by atoms with Crippen molar-refractivity contribution in [2.24, 2.45) is 0 Å². The van der Waals surface area contributed by atoms with E-state index >= 15 is 0 Å². The number of aliphatic hydroxyl groups excluding tert-OH is 1. The maximum atomic E-state index is 10.5. The van der Waals surface area contributed by atoms with E-state index in [2.05, 4.69) is 4.74 Å². The van der Waals surface area contributed by atoms with Crippen LogP contribution in [0.5, 0.6) is 0 Å². The molecule has 0 bridgehead atoms. The van der Waals surface area contributed by atoms with Crippen molar-refractivity contribution in [2.75, 3.05) is 0 Å². The van der Waals surface area contributed by atoms with Gasteiger partial charge in [0.1, 0.15) is 5.76 Å². The fourth-order valence-electron chi connectivity index (χ4n) is 0.654. The van der Waals surface area contributed by atoms with E-state index < -0.39 is 11.7 Å². The quantitative estimate of drug-likeness (QED) is 0.440. The van der Waals surface area contributed by atoms with Gasteiger partial charge < -0.3 is 9.84 Å². The van der Waals surface area contributed by atoms with Crippen molar-refractivity contribution in [2.45, 2.75) is 6.92 Å². The Morgan fingerprint density at radius 2 is 2.36 bits per heavy atom. The van der Waals surface area contributed by atoms with Gasteiger partial charge in [-0.1, -0.05) is 0 Å². The zero-order valence-electron chi connectivity index (χ0n) is 5.83. The van der Waals surface area contributed by atoms with Crippen LogP contribution in [0.4, 0.5) is 0 Å². The topological polar surface area (TPSA) is 63.6 Å². The van der Waals surface area contributed by atoms with E-state index in [1.807, 2.05) is 0 Å².